The van der Waals surface area contributed by atoms with E-state index in [9.17, 15) is 19.1 Å². The van der Waals surface area contributed by atoms with Crippen LogP contribution < -0.4 is 15.5 Å². The number of hydrogen-bond acceptors (Lipinski definition) is 5. The normalized spacial score (nSPS) is 10.5. The van der Waals surface area contributed by atoms with Crippen LogP contribution in [0.5, 0.6) is 11.5 Å². The number of nitrogens with one attached hydrogen (secondary N) is 2. The molecule has 0 fully saturated rings. The van der Waals surface area contributed by atoms with Gasteiger partial charge in [0.25, 0.3) is 0 Å². The van der Waals surface area contributed by atoms with Gasteiger partial charge in [-0.25, -0.2) is 9.82 Å². The summed E-state index contributed by atoms with van der Waals surface area (Å²) in [6.45, 7) is 0. The summed E-state index contributed by atoms with van der Waals surface area (Å²) < 4.78 is 18.4. The van der Waals surface area contributed by atoms with Gasteiger partial charge in [-0.2, -0.15) is 5.10 Å². The highest BCUT2D eigenvalue weighted by molar-refractivity contribution is 5.93. The number of para-hydroxylation sites is 1. The summed E-state index contributed by atoms with van der Waals surface area (Å²) in [5.74, 6) is -1.20. The third-order valence-corrected chi connectivity index (χ3v) is 3.33. The number of benzene rings is 2. The summed E-state index contributed by atoms with van der Waals surface area (Å²) in [5.41, 5.74) is 2.96. The van der Waals surface area contributed by atoms with E-state index in [0.29, 0.717) is 5.56 Å². The van der Waals surface area contributed by atoms with Gasteiger partial charge in [-0.15, -0.1) is 0 Å². The zero-order valence-electron chi connectivity index (χ0n) is 14.0. The standard InChI is InChI=1S/C18H18FN3O4/c1-26-16-10-12(6-7-15(16)23)11-20-22-18(25)9-8-17(24)21-14-5-3-2-4-13(14)19/h2-7,10-11,23H,8-9H2,1H3,(H,21,24)(H,22,25). The molecule has 0 aromatic heterocycles. The first-order valence-corrected chi connectivity index (χ1v) is 7.73. The zero-order valence-corrected chi connectivity index (χ0v) is 14.0. The minimum Gasteiger partial charge on any atom is -0.504 e. The quantitative estimate of drug-likeness (QED) is 0.522. The lowest BCUT2D eigenvalue weighted by atomic mass is 10.2. The zero-order chi connectivity index (χ0) is 18.9. The van der Waals surface area contributed by atoms with Crippen LogP contribution in [0.3, 0.4) is 0 Å². The number of nitrogens with zero attached hydrogens (tertiary/aromatic N) is 1. The number of carbonyl (C=O) groups excluding carboxylic acids is 2. The SMILES string of the molecule is COc1cc(C=NNC(=O)CCC(=O)Nc2ccccc2F)ccc1O. The number of amides is 2. The van der Waals surface area contributed by atoms with Crippen LogP contribution in [0.4, 0.5) is 10.1 Å². The van der Waals surface area contributed by atoms with Crippen LogP contribution in [0.15, 0.2) is 47.6 Å². The molecule has 0 atom stereocenters. The summed E-state index contributed by atoms with van der Waals surface area (Å²) in [6.07, 6.45) is 1.17. The van der Waals surface area contributed by atoms with Crippen molar-refractivity contribution in [2.75, 3.05) is 12.4 Å². The number of carbonyl (C=O) groups is 2. The summed E-state index contributed by atoms with van der Waals surface area (Å²) in [6, 6.07) is 10.4. The fourth-order valence-electron chi connectivity index (χ4n) is 2.01. The van der Waals surface area contributed by atoms with Gasteiger partial charge in [0.2, 0.25) is 11.8 Å². The minimum atomic E-state index is -0.542. The number of ether oxygens (including phenoxy) is 1. The number of phenolic OH excluding ortho intramolecular Hbond substituents is 1. The van der Waals surface area contributed by atoms with Crippen molar-refractivity contribution < 1.29 is 23.8 Å². The number of halogens is 1. The smallest absolute Gasteiger partial charge is 0.240 e. The number of hydrogen-bond donors (Lipinski definition) is 3. The molecule has 136 valence electrons. The molecule has 0 bridgehead atoms. The van der Waals surface area contributed by atoms with Gasteiger partial charge in [0.1, 0.15) is 5.82 Å². The molecule has 2 rings (SSSR count). The van der Waals surface area contributed by atoms with Gasteiger partial charge in [-0.1, -0.05) is 12.1 Å². The van der Waals surface area contributed by atoms with E-state index in [1.54, 1.807) is 18.2 Å². The molecular formula is C18H18FN3O4. The Morgan fingerprint density at radius 3 is 2.65 bits per heavy atom. The highest BCUT2D eigenvalue weighted by atomic mass is 19.1. The first kappa shape index (κ1) is 18.9. The Hall–Kier alpha value is -3.42. The fourth-order valence-corrected chi connectivity index (χ4v) is 2.01. The Morgan fingerprint density at radius 1 is 1.19 bits per heavy atom. The van der Waals surface area contributed by atoms with Crippen molar-refractivity contribution in [3.63, 3.8) is 0 Å². The predicted molar refractivity (Wildman–Crippen MR) is 94.7 cm³/mol. The lowest BCUT2D eigenvalue weighted by molar-refractivity contribution is -0.124. The summed E-state index contributed by atoms with van der Waals surface area (Å²) in [4.78, 5) is 23.4. The second-order valence-electron chi connectivity index (χ2n) is 5.25. The molecule has 7 nitrogen and oxygen atoms in total. The van der Waals surface area contributed by atoms with Gasteiger partial charge >= 0.3 is 0 Å². The van der Waals surface area contributed by atoms with Crippen molar-refractivity contribution in [2.45, 2.75) is 12.8 Å². The van der Waals surface area contributed by atoms with Crippen molar-refractivity contribution in [3.05, 3.63) is 53.8 Å². The molecule has 0 aliphatic rings. The maximum Gasteiger partial charge on any atom is 0.240 e. The molecule has 0 heterocycles. The lowest BCUT2D eigenvalue weighted by Crippen LogP contribution is -2.20. The average molecular weight is 359 g/mol. The molecule has 26 heavy (non-hydrogen) atoms. The minimum absolute atomic E-state index is 0.00505. The molecular weight excluding hydrogens is 341 g/mol. The molecule has 0 saturated carbocycles. The Kier molecular flexibility index (Phi) is 6.67. The number of methoxy groups -OCH3 is 1. The van der Waals surface area contributed by atoms with Crippen LogP contribution in [0.1, 0.15) is 18.4 Å². The average Bonchev–Trinajstić information content (AvgIpc) is 2.63. The van der Waals surface area contributed by atoms with Gasteiger partial charge in [0.15, 0.2) is 11.5 Å². The highest BCUT2D eigenvalue weighted by Crippen LogP contribution is 2.25. The molecule has 2 aromatic carbocycles. The molecule has 2 amide bonds. The fraction of sp³-hybridized carbons (Fsp3) is 0.167. The van der Waals surface area contributed by atoms with Crippen molar-refractivity contribution in [1.82, 2.24) is 5.43 Å². The number of aromatic hydroxyl groups is 1. The van der Waals surface area contributed by atoms with Gasteiger partial charge in [0, 0.05) is 12.8 Å². The van der Waals surface area contributed by atoms with Crippen molar-refractivity contribution in [3.8, 4) is 11.5 Å². The predicted octanol–water partition coefficient (Wildman–Crippen LogP) is 2.41. The molecule has 0 saturated heterocycles. The number of anilines is 1. The first-order valence-electron chi connectivity index (χ1n) is 7.73. The maximum absolute atomic E-state index is 13.4. The van der Waals surface area contributed by atoms with Crippen LogP contribution >= 0.6 is 0 Å². The van der Waals surface area contributed by atoms with Gasteiger partial charge in [0.05, 0.1) is 19.0 Å². The summed E-state index contributed by atoms with van der Waals surface area (Å²) in [5, 5.41) is 15.7. The first-order chi connectivity index (χ1) is 12.5. The van der Waals surface area contributed by atoms with E-state index < -0.39 is 17.6 Å². The van der Waals surface area contributed by atoms with Gasteiger partial charge < -0.3 is 15.2 Å². The molecule has 0 aliphatic heterocycles. The number of phenols is 1. The van der Waals surface area contributed by atoms with E-state index >= 15 is 0 Å². The molecule has 0 radical (unpaired) electrons. The van der Waals surface area contributed by atoms with Crippen molar-refractivity contribution in [2.24, 2.45) is 5.10 Å². The Labute approximate surface area is 149 Å². The van der Waals surface area contributed by atoms with Crippen LogP contribution in [0, 0.1) is 5.82 Å². The Balaban J connectivity index is 1.78. The number of rotatable bonds is 7. The summed E-state index contributed by atoms with van der Waals surface area (Å²) >= 11 is 0. The molecule has 0 spiro atoms. The van der Waals surface area contributed by atoms with E-state index in [1.165, 1.54) is 37.6 Å². The molecule has 8 heteroatoms. The van der Waals surface area contributed by atoms with Gasteiger partial charge in [-0.05, 0) is 35.9 Å². The van der Waals surface area contributed by atoms with E-state index in [4.69, 9.17) is 4.74 Å². The molecule has 0 unspecified atom stereocenters. The maximum atomic E-state index is 13.4. The Bertz CT molecular complexity index is 824. The van der Waals surface area contributed by atoms with Crippen LogP contribution in [-0.2, 0) is 9.59 Å². The van der Waals surface area contributed by atoms with E-state index in [1.807, 2.05) is 0 Å². The van der Waals surface area contributed by atoms with Gasteiger partial charge in [-0.3, -0.25) is 9.59 Å². The second-order valence-corrected chi connectivity index (χ2v) is 5.25. The van der Waals surface area contributed by atoms with E-state index in [0.717, 1.165) is 0 Å². The molecule has 3 N–H and O–H groups in total. The lowest BCUT2D eigenvalue weighted by Gasteiger charge is -2.05. The largest absolute Gasteiger partial charge is 0.504 e. The van der Waals surface area contributed by atoms with Crippen molar-refractivity contribution >= 4 is 23.7 Å². The van der Waals surface area contributed by atoms with Crippen LogP contribution in [0.25, 0.3) is 0 Å². The van der Waals surface area contributed by atoms with E-state index in [2.05, 4.69) is 15.8 Å². The van der Waals surface area contributed by atoms with Crippen LogP contribution in [-0.4, -0.2) is 30.2 Å². The van der Waals surface area contributed by atoms with Crippen LogP contribution in [0.2, 0.25) is 0 Å². The highest BCUT2D eigenvalue weighted by Gasteiger charge is 2.09. The topological polar surface area (TPSA) is 100 Å². The summed E-state index contributed by atoms with van der Waals surface area (Å²) in [7, 11) is 1.42. The molecule has 0 aliphatic carbocycles. The third-order valence-electron chi connectivity index (χ3n) is 3.33. The number of hydrazone groups is 1. The van der Waals surface area contributed by atoms with Crippen molar-refractivity contribution in [1.29, 1.82) is 0 Å². The van der Waals surface area contributed by atoms with E-state index in [-0.39, 0.29) is 30.0 Å². The molecule has 2 aromatic rings. The second kappa shape index (κ2) is 9.16. The third kappa shape index (κ3) is 5.59. The monoisotopic (exact) mass is 359 g/mol. The Morgan fingerprint density at radius 2 is 1.92 bits per heavy atom.